The molecule has 6 rings (SSSR count). The third-order valence-corrected chi connectivity index (χ3v) is 7.38. The van der Waals surface area contributed by atoms with Crippen molar-refractivity contribution >= 4 is 29.3 Å². The van der Waals surface area contributed by atoms with Crippen molar-refractivity contribution in [3.05, 3.63) is 83.2 Å². The van der Waals surface area contributed by atoms with Gasteiger partial charge in [-0.1, -0.05) is 36.4 Å². The van der Waals surface area contributed by atoms with Gasteiger partial charge in [-0.15, -0.1) is 0 Å². The molecule has 2 aliphatic heterocycles. The quantitative estimate of drug-likeness (QED) is 0.444. The molecule has 2 fully saturated rings. The monoisotopic (exact) mass is 513 g/mol. The Labute approximate surface area is 218 Å². The summed E-state index contributed by atoms with van der Waals surface area (Å²) in [7, 11) is 0. The van der Waals surface area contributed by atoms with Crippen LogP contribution in [-0.2, 0) is 27.5 Å². The molecule has 1 aromatic heterocycles. The lowest BCUT2D eigenvalue weighted by atomic mass is 9.89. The molecule has 0 bridgehead atoms. The minimum Gasteiger partial charge on any atom is -0.380 e. The molecular formula is C28H27N5O5. The first kappa shape index (κ1) is 24.1. The number of aromatic nitrogens is 2. The van der Waals surface area contributed by atoms with E-state index in [-0.39, 0.29) is 36.1 Å². The summed E-state index contributed by atoms with van der Waals surface area (Å²) in [5.41, 5.74) is 3.11. The average molecular weight is 514 g/mol. The SMILES string of the molecule is O=C1CCC(N2C(=O)c3cccc(NCc4cnn([C@H]5C[C@H](OCc6ccccc6)C5)c4)c3C2=O)C(=O)N1. The van der Waals surface area contributed by atoms with Gasteiger partial charge in [0.1, 0.15) is 6.04 Å². The van der Waals surface area contributed by atoms with Crippen LogP contribution in [0.4, 0.5) is 5.69 Å². The maximum Gasteiger partial charge on any atom is 0.264 e. The second kappa shape index (κ2) is 9.86. The minimum atomic E-state index is -0.992. The first-order chi connectivity index (χ1) is 18.5. The van der Waals surface area contributed by atoms with E-state index in [1.807, 2.05) is 29.1 Å². The average Bonchev–Trinajstić information content (AvgIpc) is 3.46. The van der Waals surface area contributed by atoms with Crippen LogP contribution in [0.1, 0.15) is 63.6 Å². The van der Waals surface area contributed by atoms with Crippen LogP contribution in [-0.4, -0.2) is 50.5 Å². The fourth-order valence-corrected chi connectivity index (χ4v) is 5.21. The number of nitrogens with one attached hydrogen (secondary N) is 2. The Morgan fingerprint density at radius 1 is 0.974 bits per heavy atom. The molecule has 1 saturated carbocycles. The van der Waals surface area contributed by atoms with E-state index in [4.69, 9.17) is 4.74 Å². The fourth-order valence-electron chi connectivity index (χ4n) is 5.21. The number of rotatable bonds is 8. The molecule has 2 N–H and O–H groups in total. The van der Waals surface area contributed by atoms with Gasteiger partial charge in [-0.25, -0.2) is 0 Å². The van der Waals surface area contributed by atoms with Gasteiger partial charge >= 0.3 is 0 Å². The van der Waals surface area contributed by atoms with Crippen LogP contribution < -0.4 is 10.6 Å². The number of carbonyl (C=O) groups is 4. The van der Waals surface area contributed by atoms with Crippen LogP contribution in [0, 0.1) is 0 Å². The van der Waals surface area contributed by atoms with Crippen molar-refractivity contribution in [2.24, 2.45) is 0 Å². The summed E-state index contributed by atoms with van der Waals surface area (Å²) < 4.78 is 7.95. The van der Waals surface area contributed by atoms with E-state index >= 15 is 0 Å². The zero-order valence-electron chi connectivity index (χ0n) is 20.6. The summed E-state index contributed by atoms with van der Waals surface area (Å²) in [4.78, 5) is 51.1. The van der Waals surface area contributed by atoms with Crippen molar-refractivity contribution in [2.75, 3.05) is 5.32 Å². The number of carbonyl (C=O) groups excluding carboxylic acids is 4. The van der Waals surface area contributed by atoms with Gasteiger partial charge in [-0.2, -0.15) is 5.10 Å². The van der Waals surface area contributed by atoms with Gasteiger partial charge < -0.3 is 10.1 Å². The lowest BCUT2D eigenvalue weighted by Crippen LogP contribution is -2.54. The third-order valence-electron chi connectivity index (χ3n) is 7.38. The van der Waals surface area contributed by atoms with Crippen LogP contribution in [0.3, 0.4) is 0 Å². The molecule has 1 unspecified atom stereocenters. The number of ether oxygens (including phenoxy) is 1. The zero-order chi connectivity index (χ0) is 26.2. The molecule has 1 saturated heterocycles. The van der Waals surface area contributed by atoms with Crippen LogP contribution in [0.25, 0.3) is 0 Å². The van der Waals surface area contributed by atoms with Crippen molar-refractivity contribution < 1.29 is 23.9 Å². The second-order valence-electron chi connectivity index (χ2n) is 9.90. The molecule has 4 amide bonds. The Bertz CT molecular complexity index is 1410. The molecule has 0 spiro atoms. The fraction of sp³-hybridized carbons (Fsp3) is 0.321. The van der Waals surface area contributed by atoms with Gasteiger partial charge in [0.15, 0.2) is 0 Å². The predicted octanol–water partition coefficient (Wildman–Crippen LogP) is 2.82. The molecule has 10 heteroatoms. The van der Waals surface area contributed by atoms with Crippen LogP contribution >= 0.6 is 0 Å². The Balaban J connectivity index is 1.07. The smallest absolute Gasteiger partial charge is 0.264 e. The van der Waals surface area contributed by atoms with E-state index in [1.54, 1.807) is 24.4 Å². The largest absolute Gasteiger partial charge is 0.380 e. The van der Waals surface area contributed by atoms with Crippen molar-refractivity contribution in [2.45, 2.75) is 57.0 Å². The molecular weight excluding hydrogens is 486 g/mol. The molecule has 38 heavy (non-hydrogen) atoms. The second-order valence-corrected chi connectivity index (χ2v) is 9.90. The standard InChI is InChI=1S/C28H27N5O5/c34-24-10-9-23(26(35)31-24)33-27(36)21-7-4-8-22(25(21)28(33)37)29-13-18-14-30-32(15-18)19-11-20(12-19)38-16-17-5-2-1-3-6-17/h1-8,14-15,19-20,23,29H,9-13,16H2,(H,31,34,35)/t19-,20-,23?. The normalized spacial score (nSPS) is 22.7. The Morgan fingerprint density at radius 2 is 1.79 bits per heavy atom. The molecule has 0 radical (unpaired) electrons. The molecule has 3 aromatic rings. The molecule has 3 heterocycles. The zero-order valence-corrected chi connectivity index (χ0v) is 20.6. The number of fused-ring (bicyclic) bond motifs is 1. The number of amides is 4. The van der Waals surface area contributed by atoms with Gasteiger partial charge in [-0.3, -0.25) is 34.1 Å². The molecule has 10 nitrogen and oxygen atoms in total. The highest BCUT2D eigenvalue weighted by Crippen LogP contribution is 2.35. The maximum absolute atomic E-state index is 13.3. The molecule has 1 aliphatic carbocycles. The number of imide groups is 2. The van der Waals surface area contributed by atoms with Crippen molar-refractivity contribution in [1.29, 1.82) is 0 Å². The summed E-state index contributed by atoms with van der Waals surface area (Å²) in [6, 6.07) is 14.4. The highest BCUT2D eigenvalue weighted by molar-refractivity contribution is 6.25. The molecule has 1 atom stereocenters. The van der Waals surface area contributed by atoms with Crippen molar-refractivity contribution in [1.82, 2.24) is 20.0 Å². The number of hydrogen-bond acceptors (Lipinski definition) is 7. The first-order valence-electron chi connectivity index (χ1n) is 12.7. The van der Waals surface area contributed by atoms with E-state index in [2.05, 4.69) is 27.9 Å². The van der Waals surface area contributed by atoms with E-state index < -0.39 is 29.7 Å². The summed E-state index contributed by atoms with van der Waals surface area (Å²) in [5.74, 6) is -2.08. The van der Waals surface area contributed by atoms with Gasteiger partial charge in [0, 0.05) is 30.4 Å². The summed E-state index contributed by atoms with van der Waals surface area (Å²) in [6.45, 7) is 1.02. The Morgan fingerprint density at radius 3 is 2.58 bits per heavy atom. The minimum absolute atomic E-state index is 0.0831. The van der Waals surface area contributed by atoms with E-state index in [1.165, 1.54) is 0 Å². The lowest BCUT2D eigenvalue weighted by molar-refractivity contribution is -0.136. The summed E-state index contributed by atoms with van der Waals surface area (Å²) in [5, 5.41) is 9.98. The number of hydrogen-bond donors (Lipinski definition) is 2. The van der Waals surface area contributed by atoms with Gasteiger partial charge in [0.25, 0.3) is 11.8 Å². The summed E-state index contributed by atoms with van der Waals surface area (Å²) >= 11 is 0. The number of anilines is 1. The molecule has 2 aromatic carbocycles. The highest BCUT2D eigenvalue weighted by Gasteiger charge is 2.45. The van der Waals surface area contributed by atoms with Crippen LogP contribution in [0.5, 0.6) is 0 Å². The van der Waals surface area contributed by atoms with E-state index in [0.29, 0.717) is 18.8 Å². The highest BCUT2D eigenvalue weighted by atomic mass is 16.5. The van der Waals surface area contributed by atoms with Gasteiger partial charge in [-0.05, 0) is 37.0 Å². The van der Waals surface area contributed by atoms with Crippen molar-refractivity contribution in [3.8, 4) is 0 Å². The number of piperidine rings is 1. The summed E-state index contributed by atoms with van der Waals surface area (Å²) in [6.07, 6.45) is 6.00. The maximum atomic E-state index is 13.3. The first-order valence-corrected chi connectivity index (χ1v) is 12.7. The van der Waals surface area contributed by atoms with Crippen LogP contribution in [0.15, 0.2) is 60.9 Å². The van der Waals surface area contributed by atoms with Crippen molar-refractivity contribution in [3.63, 3.8) is 0 Å². The lowest BCUT2D eigenvalue weighted by Gasteiger charge is -2.35. The topological polar surface area (TPSA) is 123 Å². The molecule has 3 aliphatic rings. The number of benzene rings is 2. The third kappa shape index (κ3) is 4.47. The Hall–Kier alpha value is -4.31. The van der Waals surface area contributed by atoms with Gasteiger partial charge in [0.2, 0.25) is 11.8 Å². The Kier molecular flexibility index (Phi) is 6.24. The van der Waals surface area contributed by atoms with E-state index in [9.17, 15) is 19.2 Å². The van der Waals surface area contributed by atoms with Crippen LogP contribution in [0.2, 0.25) is 0 Å². The van der Waals surface area contributed by atoms with E-state index in [0.717, 1.165) is 28.9 Å². The predicted molar refractivity (Wildman–Crippen MR) is 136 cm³/mol. The van der Waals surface area contributed by atoms with Gasteiger partial charge in [0.05, 0.1) is 36.1 Å². The number of nitrogens with zero attached hydrogens (tertiary/aromatic N) is 3. The molecule has 194 valence electrons.